The number of rotatable bonds is 6. The highest BCUT2D eigenvalue weighted by atomic mass is 15.0. The van der Waals surface area contributed by atoms with E-state index in [0.717, 1.165) is 5.69 Å². The van der Waals surface area contributed by atoms with E-state index in [9.17, 15) is 0 Å². The van der Waals surface area contributed by atoms with E-state index >= 15 is 0 Å². The van der Waals surface area contributed by atoms with Crippen LogP contribution in [0.2, 0.25) is 0 Å². The third-order valence-electron chi connectivity index (χ3n) is 13.6. The number of hydrogen-bond donors (Lipinski definition) is 0. The zero-order chi connectivity index (χ0) is 42.8. The van der Waals surface area contributed by atoms with Gasteiger partial charge in [0.25, 0.3) is 0 Å². The van der Waals surface area contributed by atoms with E-state index in [1.165, 1.54) is 120 Å². The summed E-state index contributed by atoms with van der Waals surface area (Å²) in [5, 5.41) is 13.8. The molecule has 0 saturated carbocycles. The Balaban J connectivity index is 0.975. The highest BCUT2D eigenvalue weighted by molar-refractivity contribution is 6.17. The molecule has 0 N–H and O–H groups in total. The minimum absolute atomic E-state index is 1.16. The highest BCUT2D eigenvalue weighted by Gasteiger charge is 2.18. The molecule has 0 aliphatic rings. The van der Waals surface area contributed by atoms with Gasteiger partial charge in [0.1, 0.15) is 0 Å². The zero-order valence-electron chi connectivity index (χ0n) is 35.6. The fourth-order valence-corrected chi connectivity index (χ4v) is 10.5. The largest absolute Gasteiger partial charge is 0.315 e. The molecule has 0 radical (unpaired) electrons. The van der Waals surface area contributed by atoms with Crippen molar-refractivity contribution in [3.05, 3.63) is 249 Å². The molecule has 0 saturated heterocycles. The Labute approximate surface area is 377 Å². The maximum absolute atomic E-state index is 2.42. The minimum atomic E-state index is 1.16. The van der Waals surface area contributed by atoms with Gasteiger partial charge in [-0.3, -0.25) is 0 Å². The van der Waals surface area contributed by atoms with E-state index in [1.807, 2.05) is 0 Å². The molecule has 13 rings (SSSR count). The minimum Gasteiger partial charge on any atom is -0.315 e. The lowest BCUT2D eigenvalue weighted by atomic mass is 9.90. The predicted octanol–water partition coefficient (Wildman–Crippen LogP) is 17.7. The standard InChI is InChI=1S/C64H41N/c1-4-18-50-43(13-1)16-11-25-52(50)45-29-27-42(28-30-45)48-35-37-64-61(39-48)62(47-33-31-46(32-34-47)53-26-12-17-44-14-2-5-19-51(44)53)41-65(64)63-38-36-58(56-22-9-10-24-59(56)63)60-40-49-15-3-6-20-54(49)55-21-7-8-23-57(55)60/h1-41H. The normalized spacial score (nSPS) is 11.7. The molecule has 0 spiro atoms. The monoisotopic (exact) mass is 823 g/mol. The summed E-state index contributed by atoms with van der Waals surface area (Å²) in [6.07, 6.45) is 2.36. The summed E-state index contributed by atoms with van der Waals surface area (Å²) in [5.74, 6) is 0. The quantitative estimate of drug-likeness (QED) is 0.147. The number of benzene rings is 12. The van der Waals surface area contributed by atoms with Gasteiger partial charge in [0.2, 0.25) is 0 Å². The van der Waals surface area contributed by atoms with Crippen LogP contribution in [-0.4, -0.2) is 4.57 Å². The molecular weight excluding hydrogens is 783 g/mol. The molecule has 1 heteroatoms. The van der Waals surface area contributed by atoms with Crippen LogP contribution in [0, 0.1) is 0 Å². The van der Waals surface area contributed by atoms with E-state index in [4.69, 9.17) is 0 Å². The van der Waals surface area contributed by atoms with Crippen LogP contribution >= 0.6 is 0 Å². The van der Waals surface area contributed by atoms with Gasteiger partial charge in [-0.1, -0.05) is 218 Å². The molecule has 13 aromatic rings. The first-order chi connectivity index (χ1) is 32.2. The average molecular weight is 824 g/mol. The van der Waals surface area contributed by atoms with Gasteiger partial charge < -0.3 is 4.57 Å². The molecule has 302 valence electrons. The molecule has 1 aromatic heterocycles. The second-order valence-electron chi connectivity index (χ2n) is 17.2. The van der Waals surface area contributed by atoms with Gasteiger partial charge in [0.05, 0.1) is 11.2 Å². The summed E-state index contributed by atoms with van der Waals surface area (Å²) < 4.78 is 2.42. The molecule has 12 aromatic carbocycles. The third kappa shape index (κ3) is 6.16. The van der Waals surface area contributed by atoms with Gasteiger partial charge >= 0.3 is 0 Å². The van der Waals surface area contributed by atoms with Gasteiger partial charge in [0, 0.05) is 22.5 Å². The Bertz CT molecular complexity index is 3970. The molecule has 0 atom stereocenters. The molecule has 65 heavy (non-hydrogen) atoms. The smallest absolute Gasteiger partial charge is 0.0535 e. The average Bonchev–Trinajstić information content (AvgIpc) is 3.76. The fraction of sp³-hybridized carbons (Fsp3) is 0. The van der Waals surface area contributed by atoms with E-state index in [1.54, 1.807) is 0 Å². The number of fused-ring (bicyclic) bond motifs is 7. The van der Waals surface area contributed by atoms with Gasteiger partial charge in [-0.25, -0.2) is 0 Å². The van der Waals surface area contributed by atoms with Gasteiger partial charge in [0.15, 0.2) is 0 Å². The van der Waals surface area contributed by atoms with Crippen LogP contribution in [0.1, 0.15) is 0 Å². The molecule has 0 amide bonds. The van der Waals surface area contributed by atoms with Gasteiger partial charge in [-0.2, -0.15) is 0 Å². The van der Waals surface area contributed by atoms with Crippen LogP contribution in [0.5, 0.6) is 0 Å². The van der Waals surface area contributed by atoms with Gasteiger partial charge in [-0.15, -0.1) is 0 Å². The van der Waals surface area contributed by atoms with E-state index in [2.05, 4.69) is 253 Å². The second kappa shape index (κ2) is 15.1. The maximum Gasteiger partial charge on any atom is 0.0535 e. The number of hydrogen-bond acceptors (Lipinski definition) is 0. The Hall–Kier alpha value is -8.52. The fourth-order valence-electron chi connectivity index (χ4n) is 10.5. The SMILES string of the molecule is c1ccc2c(-c3ccc(-c4ccc5c(c4)c(-c4ccc(-c6cccc7ccccc67)cc4)cn5-c4ccc(-c5cc6ccccc6c6ccccc56)c5ccccc45)cc3)cccc2c1. The van der Waals surface area contributed by atoms with Crippen molar-refractivity contribution in [3.8, 4) is 61.3 Å². The predicted molar refractivity (Wildman–Crippen MR) is 278 cm³/mol. The van der Waals surface area contributed by atoms with Crippen molar-refractivity contribution >= 4 is 64.8 Å². The van der Waals surface area contributed by atoms with Crippen molar-refractivity contribution in [2.45, 2.75) is 0 Å². The van der Waals surface area contributed by atoms with Crippen molar-refractivity contribution in [3.63, 3.8) is 0 Å². The molecular formula is C64H41N. The van der Waals surface area contributed by atoms with Crippen LogP contribution in [0.4, 0.5) is 0 Å². The molecule has 1 heterocycles. The lowest BCUT2D eigenvalue weighted by Crippen LogP contribution is -1.95. The molecule has 0 aliphatic heterocycles. The maximum atomic E-state index is 2.42. The van der Waals surface area contributed by atoms with Gasteiger partial charge in [-0.05, 0) is 123 Å². The molecule has 0 unspecified atom stereocenters. The second-order valence-corrected chi connectivity index (χ2v) is 17.2. The van der Waals surface area contributed by atoms with E-state index < -0.39 is 0 Å². The first kappa shape index (κ1) is 37.1. The highest BCUT2D eigenvalue weighted by Crippen LogP contribution is 2.43. The summed E-state index contributed by atoms with van der Waals surface area (Å²) in [4.78, 5) is 0. The molecule has 0 fully saturated rings. The molecule has 1 nitrogen and oxygen atoms in total. The summed E-state index contributed by atoms with van der Waals surface area (Å²) in [6, 6.07) is 89.3. The van der Waals surface area contributed by atoms with Crippen LogP contribution < -0.4 is 0 Å². The topological polar surface area (TPSA) is 4.93 Å². The summed E-state index contributed by atoms with van der Waals surface area (Å²) >= 11 is 0. The first-order valence-electron chi connectivity index (χ1n) is 22.5. The van der Waals surface area contributed by atoms with Crippen molar-refractivity contribution in [2.24, 2.45) is 0 Å². The van der Waals surface area contributed by atoms with Crippen molar-refractivity contribution in [2.75, 3.05) is 0 Å². The van der Waals surface area contributed by atoms with Crippen LogP contribution in [-0.2, 0) is 0 Å². The van der Waals surface area contributed by atoms with Crippen LogP contribution in [0.25, 0.3) is 126 Å². The summed E-state index contributed by atoms with van der Waals surface area (Å²) in [5.41, 5.74) is 14.5. The van der Waals surface area contributed by atoms with Crippen molar-refractivity contribution < 1.29 is 0 Å². The van der Waals surface area contributed by atoms with Crippen molar-refractivity contribution in [1.82, 2.24) is 4.57 Å². The first-order valence-corrected chi connectivity index (χ1v) is 22.5. The van der Waals surface area contributed by atoms with E-state index in [0.29, 0.717) is 0 Å². The molecule has 0 bridgehead atoms. The number of aromatic nitrogens is 1. The van der Waals surface area contributed by atoms with Crippen LogP contribution in [0.3, 0.4) is 0 Å². The summed E-state index contributed by atoms with van der Waals surface area (Å²) in [6.45, 7) is 0. The Morgan fingerprint density at radius 1 is 0.215 bits per heavy atom. The summed E-state index contributed by atoms with van der Waals surface area (Å²) in [7, 11) is 0. The van der Waals surface area contributed by atoms with E-state index in [-0.39, 0.29) is 0 Å². The molecule has 0 aliphatic carbocycles. The van der Waals surface area contributed by atoms with Crippen LogP contribution in [0.15, 0.2) is 249 Å². The van der Waals surface area contributed by atoms with Crippen molar-refractivity contribution in [1.29, 1.82) is 0 Å². The zero-order valence-corrected chi connectivity index (χ0v) is 35.6. The lowest BCUT2D eigenvalue weighted by Gasteiger charge is -2.16. The number of nitrogens with zero attached hydrogens (tertiary/aromatic N) is 1. The Morgan fingerprint density at radius 2 is 0.677 bits per heavy atom. The third-order valence-corrected chi connectivity index (χ3v) is 13.6. The lowest BCUT2D eigenvalue weighted by molar-refractivity contribution is 1.14. The Morgan fingerprint density at radius 3 is 1.31 bits per heavy atom. The Kier molecular flexibility index (Phi) is 8.60.